The zero-order valence-corrected chi connectivity index (χ0v) is 28.8. The molecule has 224 valence electrons. The Hall–Kier alpha value is -0.123. The van der Waals surface area contributed by atoms with Gasteiger partial charge in [0.15, 0.2) is 8.32 Å². The van der Waals surface area contributed by atoms with Crippen LogP contribution in [0, 0.1) is 56.7 Å². The minimum Gasteiger partial charge on any atom is -0.416 e. The van der Waals surface area contributed by atoms with E-state index in [4.69, 9.17) is 4.43 Å². The molecule has 0 bridgehead atoms. The second-order valence-electron chi connectivity index (χ2n) is 18.5. The van der Waals surface area contributed by atoms with E-state index in [9.17, 15) is 5.11 Å². The summed E-state index contributed by atoms with van der Waals surface area (Å²) in [7, 11) is -1.80. The van der Waals surface area contributed by atoms with Gasteiger partial charge in [-0.2, -0.15) is 0 Å². The topological polar surface area (TPSA) is 29.5 Å². The van der Waals surface area contributed by atoms with Crippen molar-refractivity contribution in [2.45, 2.75) is 151 Å². The first kappa shape index (κ1) is 30.3. The molecule has 5 fully saturated rings. The largest absolute Gasteiger partial charge is 0.416 e. The summed E-state index contributed by atoms with van der Waals surface area (Å²) in [5.74, 6) is 3.58. The molecule has 3 heteroatoms. The third-order valence-electron chi connectivity index (χ3n) is 15.7. The molecule has 0 aromatic heterocycles. The molecule has 0 amide bonds. The van der Waals surface area contributed by atoms with Crippen LogP contribution in [0.2, 0.25) is 18.1 Å². The Kier molecular flexibility index (Phi) is 7.15. The van der Waals surface area contributed by atoms with Crippen LogP contribution in [0.15, 0.2) is 12.2 Å². The molecule has 5 rings (SSSR count). The molecule has 0 aliphatic heterocycles. The van der Waals surface area contributed by atoms with Gasteiger partial charge >= 0.3 is 0 Å². The van der Waals surface area contributed by atoms with Crippen molar-refractivity contribution in [1.82, 2.24) is 0 Å². The molecule has 0 saturated heterocycles. The first-order valence-electron chi connectivity index (χ1n) is 16.7. The maximum absolute atomic E-state index is 11.0. The van der Waals surface area contributed by atoms with Gasteiger partial charge in [0.1, 0.15) is 0 Å². The van der Waals surface area contributed by atoms with Gasteiger partial charge in [0.05, 0.1) is 6.10 Å². The lowest BCUT2D eigenvalue weighted by Crippen LogP contribution is -2.67. The van der Waals surface area contributed by atoms with Crippen molar-refractivity contribution in [3.8, 4) is 0 Å². The summed E-state index contributed by atoms with van der Waals surface area (Å²) in [6.45, 7) is 32.9. The second-order valence-corrected chi connectivity index (χ2v) is 23.3. The smallest absolute Gasteiger partial charge is 0.192 e. The normalized spacial score (nSPS) is 49.4. The number of rotatable bonds is 4. The zero-order chi connectivity index (χ0) is 29.0. The van der Waals surface area contributed by atoms with Crippen LogP contribution >= 0.6 is 0 Å². The van der Waals surface area contributed by atoms with Crippen molar-refractivity contribution in [2.75, 3.05) is 6.61 Å². The first-order valence-corrected chi connectivity index (χ1v) is 19.7. The highest BCUT2D eigenvalue weighted by Crippen LogP contribution is 2.77. The third kappa shape index (κ3) is 4.11. The van der Waals surface area contributed by atoms with Crippen LogP contribution in [-0.4, -0.2) is 26.1 Å². The van der Waals surface area contributed by atoms with Gasteiger partial charge in [-0.15, -0.1) is 0 Å². The van der Waals surface area contributed by atoms with Crippen LogP contribution < -0.4 is 0 Å². The predicted molar refractivity (Wildman–Crippen MR) is 168 cm³/mol. The van der Waals surface area contributed by atoms with Gasteiger partial charge in [0.25, 0.3) is 0 Å². The molecule has 0 aromatic rings. The van der Waals surface area contributed by atoms with E-state index in [0.29, 0.717) is 33.5 Å². The number of hydrogen-bond acceptors (Lipinski definition) is 2. The van der Waals surface area contributed by atoms with Crippen molar-refractivity contribution in [3.63, 3.8) is 0 Å². The minimum absolute atomic E-state index is 0.0331. The Labute approximate surface area is 243 Å². The van der Waals surface area contributed by atoms with Gasteiger partial charge in [-0.3, -0.25) is 0 Å². The fourth-order valence-corrected chi connectivity index (χ4v) is 13.1. The maximum atomic E-state index is 11.0. The van der Waals surface area contributed by atoms with Gasteiger partial charge in [-0.05, 0) is 146 Å². The maximum Gasteiger partial charge on any atom is 0.192 e. The summed E-state index contributed by atoms with van der Waals surface area (Å²) in [6.07, 6.45) is 12.8. The summed E-state index contributed by atoms with van der Waals surface area (Å²) < 4.78 is 7.12. The first-order chi connectivity index (χ1) is 17.8. The van der Waals surface area contributed by atoms with E-state index in [1.807, 2.05) is 0 Å². The number of aliphatic hydroxyl groups is 1. The third-order valence-corrected chi connectivity index (χ3v) is 20.2. The predicted octanol–water partition coefficient (Wildman–Crippen LogP) is 10.0. The van der Waals surface area contributed by atoms with E-state index in [2.05, 4.69) is 82.0 Å². The summed E-state index contributed by atoms with van der Waals surface area (Å²) in [4.78, 5) is 0. The van der Waals surface area contributed by atoms with Gasteiger partial charge in [0, 0.05) is 6.61 Å². The number of hydrogen-bond donors (Lipinski definition) is 1. The Balaban J connectivity index is 1.50. The molecule has 0 spiro atoms. The molecule has 39 heavy (non-hydrogen) atoms. The van der Waals surface area contributed by atoms with Crippen molar-refractivity contribution >= 4 is 8.32 Å². The lowest BCUT2D eigenvalue weighted by molar-refractivity contribution is -0.249. The Morgan fingerprint density at radius 2 is 1.51 bits per heavy atom. The Morgan fingerprint density at radius 1 is 0.846 bits per heavy atom. The standard InChI is InChI=1S/C36H64O2Si/c1-24(2)25-15-20-36(23-38-39(11,12)31(3,4)5)22-21-34(9)26(30(25)36)13-14-28-33(8)18-17-29(37)32(6,7)27(33)16-19-35(28,34)10/h25-30,37H,1,13-23H2,2-12H3/t25-,26+,27-,28+,29-,30+,33-,34+,35+,36+/m0/s1. The van der Waals surface area contributed by atoms with Crippen LogP contribution in [0.1, 0.15) is 127 Å². The fourth-order valence-electron chi connectivity index (χ4n) is 12.1. The number of aliphatic hydroxyl groups excluding tert-OH is 1. The zero-order valence-electron chi connectivity index (χ0n) is 27.8. The van der Waals surface area contributed by atoms with Gasteiger partial charge < -0.3 is 9.53 Å². The molecular weight excluding hydrogens is 492 g/mol. The average Bonchev–Trinajstić information content (AvgIpc) is 3.21. The van der Waals surface area contributed by atoms with Crippen LogP contribution in [0.4, 0.5) is 0 Å². The van der Waals surface area contributed by atoms with E-state index in [-0.39, 0.29) is 16.6 Å². The van der Waals surface area contributed by atoms with E-state index >= 15 is 0 Å². The molecule has 5 aliphatic carbocycles. The van der Waals surface area contributed by atoms with Crippen LogP contribution in [-0.2, 0) is 4.43 Å². The summed E-state index contributed by atoms with van der Waals surface area (Å²) >= 11 is 0. The highest BCUT2D eigenvalue weighted by Gasteiger charge is 2.71. The molecular formula is C36H64O2Si. The lowest BCUT2D eigenvalue weighted by Gasteiger charge is -2.73. The molecule has 0 radical (unpaired) electrons. The Bertz CT molecular complexity index is 977. The van der Waals surface area contributed by atoms with Gasteiger partial charge in [0.2, 0.25) is 0 Å². The van der Waals surface area contributed by atoms with Crippen LogP contribution in [0.3, 0.4) is 0 Å². The SMILES string of the molecule is C=C(C)[C@@H]1CC[C@]2(CO[Si](C)(C)C(C)(C)C)CC[C@]3(C)[C@H](CC[C@@H]4[C@@]5(C)CC[C@H](O)C(C)(C)[C@@H]5CC[C@]43C)[C@@H]12. The highest BCUT2D eigenvalue weighted by molar-refractivity contribution is 6.74. The van der Waals surface area contributed by atoms with E-state index in [0.717, 1.165) is 30.8 Å². The van der Waals surface area contributed by atoms with Crippen molar-refractivity contribution in [1.29, 1.82) is 0 Å². The quantitative estimate of drug-likeness (QED) is 0.276. The summed E-state index contributed by atoms with van der Waals surface area (Å²) in [5.41, 5.74) is 2.93. The van der Waals surface area contributed by atoms with Crippen molar-refractivity contribution in [2.24, 2.45) is 56.7 Å². The van der Waals surface area contributed by atoms with Gasteiger partial charge in [-0.25, -0.2) is 0 Å². The van der Waals surface area contributed by atoms with Crippen molar-refractivity contribution in [3.05, 3.63) is 12.2 Å². The number of fused-ring (bicyclic) bond motifs is 7. The fraction of sp³-hybridized carbons (Fsp3) is 0.944. The van der Waals surface area contributed by atoms with Gasteiger partial charge in [-0.1, -0.05) is 67.5 Å². The van der Waals surface area contributed by atoms with Crippen molar-refractivity contribution < 1.29 is 9.53 Å². The molecule has 5 saturated carbocycles. The monoisotopic (exact) mass is 556 g/mol. The summed E-state index contributed by atoms with van der Waals surface area (Å²) in [6, 6.07) is 0. The second kappa shape index (κ2) is 9.19. The highest BCUT2D eigenvalue weighted by atomic mass is 28.4. The van der Waals surface area contributed by atoms with E-state index in [1.165, 1.54) is 63.4 Å². The molecule has 2 nitrogen and oxygen atoms in total. The molecule has 1 N–H and O–H groups in total. The van der Waals surface area contributed by atoms with Crippen LogP contribution in [0.5, 0.6) is 0 Å². The van der Waals surface area contributed by atoms with E-state index < -0.39 is 8.32 Å². The molecule has 0 heterocycles. The average molecular weight is 557 g/mol. The molecule has 5 aliphatic rings. The summed E-state index contributed by atoms with van der Waals surface area (Å²) in [5, 5.41) is 11.3. The lowest BCUT2D eigenvalue weighted by atomic mass is 9.32. The number of allylic oxidation sites excluding steroid dienone is 1. The molecule has 0 unspecified atom stereocenters. The Morgan fingerprint density at radius 3 is 2.13 bits per heavy atom. The molecule has 0 aromatic carbocycles. The van der Waals surface area contributed by atoms with E-state index in [1.54, 1.807) is 0 Å². The minimum atomic E-state index is -1.80. The molecule has 10 atom stereocenters. The van der Waals surface area contributed by atoms with Crippen LogP contribution in [0.25, 0.3) is 0 Å².